The van der Waals surface area contributed by atoms with E-state index in [1.54, 1.807) is 0 Å². The zero-order valence-corrected chi connectivity index (χ0v) is 51.0. The molecule has 0 aliphatic rings. The zero-order chi connectivity index (χ0) is 58.9. The van der Waals surface area contributed by atoms with E-state index in [0.29, 0.717) is 17.5 Å². The molecule has 14 rings (SSSR count). The Morgan fingerprint density at radius 2 is 0.518 bits per heavy atom. The van der Waals surface area contributed by atoms with Crippen LogP contribution in [0.1, 0.15) is 105 Å². The topological polar surface area (TPSA) is 53.5 Å². The van der Waals surface area contributed by atoms with Crippen LogP contribution in [-0.4, -0.2) is 28.7 Å². The molecule has 0 spiro atoms. The lowest BCUT2D eigenvalue weighted by Gasteiger charge is -2.24. The van der Waals surface area contributed by atoms with E-state index >= 15 is 0 Å². The van der Waals surface area contributed by atoms with Gasteiger partial charge in [0.1, 0.15) is 0 Å². The maximum absolute atomic E-state index is 5.16. The van der Waals surface area contributed by atoms with Gasteiger partial charge in [0, 0.05) is 49.0 Å². The van der Waals surface area contributed by atoms with E-state index in [2.05, 4.69) is 279 Å². The maximum atomic E-state index is 5.16. The highest BCUT2D eigenvalue weighted by atomic mass is 15.1. The van der Waals surface area contributed by atoms with Crippen molar-refractivity contribution in [2.24, 2.45) is 0 Å². The Bertz CT molecular complexity index is 4520. The molecule has 14 aromatic rings. The van der Waals surface area contributed by atoms with Gasteiger partial charge in [-0.2, -0.15) is 0 Å². The molecule has 6 nitrogen and oxygen atoms in total. The van der Waals surface area contributed by atoms with Crippen molar-refractivity contribution in [1.29, 1.82) is 0 Å². The fourth-order valence-corrected chi connectivity index (χ4v) is 12.7. The number of hydrogen-bond donors (Lipinski definition) is 0. The third kappa shape index (κ3) is 9.21. The molecular weight excluding hydrogens is 1030 g/mol. The van der Waals surface area contributed by atoms with Crippen LogP contribution < -0.4 is 0 Å². The Hall–Kier alpha value is -9.39. The molecule has 0 saturated carbocycles. The SMILES string of the molecule is CC(C)(C)c1ccc2c(c1)c1cc(C(C)(C)C)ccc1n2-c1cc(-c2ccc(-c3nc(-c4ccccc4)nc(-c4ccccc4)n3)cc2)cc(-n2c3ccc(C(C)(C)C)cc3c3cc(C(C)(C)C)ccc32)c1-n1c2ccccc2c2ccccc21. The summed E-state index contributed by atoms with van der Waals surface area (Å²) in [5.74, 6) is 1.88. The van der Waals surface area contributed by atoms with Crippen molar-refractivity contribution >= 4 is 65.4 Å². The molecule has 418 valence electrons. The first kappa shape index (κ1) is 53.6. The van der Waals surface area contributed by atoms with Crippen LogP contribution in [0.15, 0.2) is 218 Å². The molecule has 0 radical (unpaired) electrons. The van der Waals surface area contributed by atoms with Crippen LogP contribution in [0.25, 0.3) is 128 Å². The monoisotopic (exact) mass is 1100 g/mol. The highest BCUT2D eigenvalue weighted by molar-refractivity contribution is 6.14. The van der Waals surface area contributed by atoms with Crippen LogP contribution in [0.5, 0.6) is 0 Å². The second kappa shape index (κ2) is 19.6. The number of rotatable bonds is 7. The van der Waals surface area contributed by atoms with Gasteiger partial charge in [-0.05, 0) is 128 Å². The first-order valence-electron chi connectivity index (χ1n) is 30.0. The van der Waals surface area contributed by atoms with Crippen LogP contribution in [0, 0.1) is 0 Å². The molecule has 0 bridgehead atoms. The molecule has 4 aromatic heterocycles. The Labute approximate surface area is 499 Å². The summed E-state index contributed by atoms with van der Waals surface area (Å²) in [5, 5.41) is 7.36. The van der Waals surface area contributed by atoms with Crippen LogP contribution >= 0.6 is 0 Å². The number of para-hydroxylation sites is 2. The van der Waals surface area contributed by atoms with Crippen molar-refractivity contribution in [1.82, 2.24) is 28.7 Å². The number of benzene rings is 10. The first-order valence-corrected chi connectivity index (χ1v) is 30.0. The fraction of sp³-hybridized carbons (Fsp3) is 0.203. The van der Waals surface area contributed by atoms with Gasteiger partial charge in [0.2, 0.25) is 0 Å². The zero-order valence-electron chi connectivity index (χ0n) is 51.0. The van der Waals surface area contributed by atoms with E-state index in [9.17, 15) is 0 Å². The van der Waals surface area contributed by atoms with Gasteiger partial charge in [-0.15, -0.1) is 0 Å². The van der Waals surface area contributed by atoms with Crippen LogP contribution in [0.3, 0.4) is 0 Å². The summed E-state index contributed by atoms with van der Waals surface area (Å²) in [7, 11) is 0. The minimum Gasteiger partial charge on any atom is -0.307 e. The summed E-state index contributed by atoms with van der Waals surface area (Å²) < 4.78 is 7.72. The predicted octanol–water partition coefficient (Wildman–Crippen LogP) is 21.0. The van der Waals surface area contributed by atoms with E-state index in [-0.39, 0.29) is 21.7 Å². The van der Waals surface area contributed by atoms with Crippen molar-refractivity contribution in [3.63, 3.8) is 0 Å². The van der Waals surface area contributed by atoms with Crippen molar-refractivity contribution in [2.45, 2.75) is 105 Å². The lowest BCUT2D eigenvalue weighted by molar-refractivity contribution is 0.590. The highest BCUT2D eigenvalue weighted by Gasteiger charge is 2.29. The van der Waals surface area contributed by atoms with Crippen LogP contribution in [0.2, 0.25) is 0 Å². The number of fused-ring (bicyclic) bond motifs is 9. The molecule has 10 aromatic carbocycles. The van der Waals surface area contributed by atoms with Gasteiger partial charge >= 0.3 is 0 Å². The summed E-state index contributed by atoms with van der Waals surface area (Å²) in [5.41, 5.74) is 20.0. The third-order valence-corrected chi connectivity index (χ3v) is 17.5. The molecule has 0 atom stereocenters. The van der Waals surface area contributed by atoms with Gasteiger partial charge in [-0.1, -0.05) is 229 Å². The average Bonchev–Trinajstić information content (AvgIpc) is 1.69. The van der Waals surface area contributed by atoms with Gasteiger partial charge in [0.05, 0.1) is 50.2 Å². The van der Waals surface area contributed by atoms with Crippen molar-refractivity contribution in [2.75, 3.05) is 0 Å². The molecule has 6 heteroatoms. The summed E-state index contributed by atoms with van der Waals surface area (Å²) in [6, 6.07) is 80.9. The van der Waals surface area contributed by atoms with Gasteiger partial charge in [-0.3, -0.25) is 0 Å². The van der Waals surface area contributed by atoms with E-state index in [4.69, 9.17) is 15.0 Å². The summed E-state index contributed by atoms with van der Waals surface area (Å²) >= 11 is 0. The van der Waals surface area contributed by atoms with Gasteiger partial charge < -0.3 is 13.7 Å². The summed E-state index contributed by atoms with van der Waals surface area (Å²) in [6.07, 6.45) is 0. The standard InChI is InChI=1S/C79H72N6/c1-76(2,3)54-35-39-66-60(45-54)61-46-55(77(4,5)6)36-40-67(61)83(66)70-43-53(49-31-33-52(34-32-49)75-81-73(50-23-15-13-16-24-50)80-74(82-75)51-25-17-14-18-26-51)44-71(72(70)85-64-29-21-19-27-58(64)59-28-20-22-30-65(59)85)84-68-41-37-56(78(7,8)9)47-62(68)63-48-57(79(10,11)12)38-42-69(63)84/h13-48H,1-12H3. The smallest absolute Gasteiger partial charge is 0.164 e. The van der Waals surface area contributed by atoms with E-state index in [0.717, 1.165) is 78.0 Å². The minimum atomic E-state index is -0.0680. The first-order chi connectivity index (χ1) is 40.7. The lowest BCUT2D eigenvalue weighted by Crippen LogP contribution is -2.12. The third-order valence-electron chi connectivity index (χ3n) is 17.5. The summed E-state index contributed by atoms with van der Waals surface area (Å²) in [4.78, 5) is 15.3. The molecule has 4 heterocycles. The molecule has 0 aliphatic heterocycles. The molecule has 85 heavy (non-hydrogen) atoms. The molecule has 0 fully saturated rings. The predicted molar refractivity (Wildman–Crippen MR) is 359 cm³/mol. The van der Waals surface area contributed by atoms with Gasteiger partial charge in [0.25, 0.3) is 0 Å². The Morgan fingerprint density at radius 1 is 0.235 bits per heavy atom. The van der Waals surface area contributed by atoms with Crippen LogP contribution in [-0.2, 0) is 21.7 Å². The average molecular weight is 1110 g/mol. The normalized spacial score (nSPS) is 12.7. The quantitative estimate of drug-likeness (QED) is 0.160. The largest absolute Gasteiger partial charge is 0.307 e. The van der Waals surface area contributed by atoms with Crippen molar-refractivity contribution in [3.05, 3.63) is 241 Å². The summed E-state index contributed by atoms with van der Waals surface area (Å²) in [6.45, 7) is 27.8. The number of aromatic nitrogens is 6. The van der Waals surface area contributed by atoms with E-state index in [1.807, 2.05) is 36.4 Å². The molecule has 0 aliphatic carbocycles. The molecule has 0 N–H and O–H groups in total. The number of nitrogens with zero attached hydrogens (tertiary/aromatic N) is 6. The van der Waals surface area contributed by atoms with E-state index < -0.39 is 0 Å². The minimum absolute atomic E-state index is 0.0680. The second-order valence-electron chi connectivity index (χ2n) is 27.4. The van der Waals surface area contributed by atoms with Crippen molar-refractivity contribution < 1.29 is 0 Å². The highest BCUT2D eigenvalue weighted by Crippen LogP contribution is 2.47. The Kier molecular flexibility index (Phi) is 12.4. The Morgan fingerprint density at radius 3 is 0.847 bits per heavy atom. The molecule has 0 unspecified atom stereocenters. The molecular formula is C79H72N6. The number of hydrogen-bond acceptors (Lipinski definition) is 3. The molecule has 0 amide bonds. The van der Waals surface area contributed by atoms with Gasteiger partial charge in [0.15, 0.2) is 17.5 Å². The fourth-order valence-electron chi connectivity index (χ4n) is 12.7. The second-order valence-corrected chi connectivity index (χ2v) is 27.4. The van der Waals surface area contributed by atoms with Crippen molar-refractivity contribution in [3.8, 4) is 62.4 Å². The molecule has 0 saturated heterocycles. The van der Waals surface area contributed by atoms with Gasteiger partial charge in [-0.25, -0.2) is 15.0 Å². The van der Waals surface area contributed by atoms with Crippen LogP contribution in [0.4, 0.5) is 0 Å². The Balaban J connectivity index is 1.13. The van der Waals surface area contributed by atoms with E-state index in [1.165, 1.54) is 54.6 Å². The maximum Gasteiger partial charge on any atom is 0.164 e. The lowest BCUT2D eigenvalue weighted by atomic mass is 9.85.